The van der Waals surface area contributed by atoms with Crippen molar-refractivity contribution < 1.29 is 42.1 Å². The van der Waals surface area contributed by atoms with Gasteiger partial charge < -0.3 is 25.2 Å². The van der Waals surface area contributed by atoms with Gasteiger partial charge in [0.15, 0.2) is 0 Å². The van der Waals surface area contributed by atoms with Gasteiger partial charge in [-0.2, -0.15) is 18.4 Å². The highest BCUT2D eigenvalue weighted by Gasteiger charge is 2.50. The summed E-state index contributed by atoms with van der Waals surface area (Å²) < 4.78 is 51.2. The number of hydrogen-bond acceptors (Lipinski definition) is 7. The first-order valence-corrected chi connectivity index (χ1v) is 15.9. The summed E-state index contributed by atoms with van der Waals surface area (Å²) >= 11 is 0. The van der Waals surface area contributed by atoms with Crippen LogP contribution in [0.5, 0.6) is 11.5 Å². The fourth-order valence-corrected chi connectivity index (χ4v) is 7.07. The molecule has 1 heterocycles. The summed E-state index contributed by atoms with van der Waals surface area (Å²) in [6.45, 7) is 7.32. The van der Waals surface area contributed by atoms with Gasteiger partial charge >= 0.3 is 12.1 Å². The maximum absolute atomic E-state index is 13.9. The number of nitrogens with zero attached hydrogens (tertiary/aromatic N) is 2. The van der Waals surface area contributed by atoms with Crippen LogP contribution in [0, 0.1) is 28.1 Å². The summed E-state index contributed by atoms with van der Waals surface area (Å²) in [7, 11) is 1.35. The maximum atomic E-state index is 13.9. The number of carboxylic acids is 1. The lowest BCUT2D eigenvalue weighted by atomic mass is 9.70. The minimum absolute atomic E-state index is 0.0192. The highest BCUT2D eigenvalue weighted by atomic mass is 19.4. The molecule has 0 radical (unpaired) electrons. The zero-order chi connectivity index (χ0) is 34.0. The summed E-state index contributed by atoms with van der Waals surface area (Å²) in [6.07, 6.45) is -1.09. The molecule has 2 saturated carbocycles. The molecule has 13 heteroatoms. The number of amides is 2. The summed E-state index contributed by atoms with van der Waals surface area (Å²) in [6, 6.07) is 2.84. The van der Waals surface area contributed by atoms with Gasteiger partial charge in [0.2, 0.25) is 5.91 Å². The van der Waals surface area contributed by atoms with E-state index in [4.69, 9.17) is 9.47 Å². The minimum atomic E-state index is -4.38. The first-order valence-electron chi connectivity index (χ1n) is 15.9. The number of carbonyl (C=O) groups is 3. The molecule has 3 fully saturated rings. The molecule has 3 aliphatic rings. The van der Waals surface area contributed by atoms with Gasteiger partial charge in [-0.15, -0.1) is 0 Å². The lowest BCUT2D eigenvalue weighted by Crippen LogP contribution is -2.51. The first kappa shape index (κ1) is 35.3. The number of alkyl halides is 3. The number of nitriles is 1. The maximum Gasteiger partial charge on any atom is 0.390 e. The van der Waals surface area contributed by atoms with E-state index in [2.05, 4.69) is 23.6 Å². The number of carbonyl (C=O) groups excluding carboxylic acids is 2. The molecule has 1 aromatic carbocycles. The lowest BCUT2D eigenvalue weighted by Gasteiger charge is -2.39. The second kappa shape index (κ2) is 13.7. The Hall–Kier alpha value is -3.53. The molecule has 2 unspecified atom stereocenters. The number of benzene rings is 1. The van der Waals surface area contributed by atoms with Crippen LogP contribution in [0.1, 0.15) is 95.0 Å². The van der Waals surface area contributed by atoms with Crippen molar-refractivity contribution in [2.75, 3.05) is 20.2 Å². The quantitative estimate of drug-likeness (QED) is 0.303. The normalized spacial score (nSPS) is 29.2. The van der Waals surface area contributed by atoms with E-state index < -0.39 is 53.9 Å². The molecule has 0 bridgehead atoms. The van der Waals surface area contributed by atoms with Crippen molar-refractivity contribution in [3.8, 4) is 17.6 Å². The third kappa shape index (κ3) is 7.70. The standard InChI is InChI=1S/C33H45F3N4O6/c1-19-26(29(42)38-18-31(3)9-6-10-31)27(20(2)40(19)14-13-33(34,35)36)39-28(41)23-16-24(21(17-37)15-25(23)45-5)46-22-7-11-32(4,12-8-22)30(43)44/h15-16,19-20,22,26-27H,6-14,18H2,1-5H3,(H,38,42)(H,39,41)(H,43,44)/t19-,20+,22?,26?,27?,32?/m0/s1. The Kier molecular flexibility index (Phi) is 10.5. The van der Waals surface area contributed by atoms with Gasteiger partial charge in [0.1, 0.15) is 17.6 Å². The number of hydrogen-bond donors (Lipinski definition) is 3. The fraction of sp³-hybridized carbons (Fsp3) is 0.697. The highest BCUT2D eigenvalue weighted by molar-refractivity contribution is 5.98. The zero-order valence-corrected chi connectivity index (χ0v) is 27.1. The molecule has 2 amide bonds. The molecule has 10 nitrogen and oxygen atoms in total. The van der Waals surface area contributed by atoms with Crippen LogP contribution < -0.4 is 20.1 Å². The largest absolute Gasteiger partial charge is 0.496 e. The van der Waals surface area contributed by atoms with Crippen molar-refractivity contribution in [3.05, 3.63) is 23.3 Å². The van der Waals surface area contributed by atoms with Crippen molar-refractivity contribution in [1.29, 1.82) is 5.26 Å². The average Bonchev–Trinajstić information content (AvgIpc) is 3.22. The van der Waals surface area contributed by atoms with Gasteiger partial charge in [0.25, 0.3) is 5.91 Å². The summed E-state index contributed by atoms with van der Waals surface area (Å²) in [5.74, 6) is -2.41. The van der Waals surface area contributed by atoms with E-state index in [9.17, 15) is 37.9 Å². The van der Waals surface area contributed by atoms with E-state index in [0.717, 1.165) is 19.3 Å². The van der Waals surface area contributed by atoms with Crippen molar-refractivity contribution >= 4 is 17.8 Å². The molecule has 4 rings (SSSR count). The third-order valence-electron chi connectivity index (χ3n) is 10.5. The second-order valence-corrected chi connectivity index (χ2v) is 13.8. The van der Waals surface area contributed by atoms with Crippen molar-refractivity contribution in [3.63, 3.8) is 0 Å². The molecular weight excluding hydrogens is 605 g/mol. The number of likely N-dealkylation sites (tertiary alicyclic amines) is 1. The SMILES string of the molecule is COc1cc(C#N)c(OC2CCC(C)(C(=O)O)CC2)cc1C(=O)NC1C(C(=O)NCC2(C)CCC2)[C@H](C)N(CCC(F)(F)F)[C@@H]1C. The van der Waals surface area contributed by atoms with Gasteiger partial charge in [-0.1, -0.05) is 13.3 Å². The lowest BCUT2D eigenvalue weighted by molar-refractivity contribution is -0.150. The molecule has 4 atom stereocenters. The summed E-state index contributed by atoms with van der Waals surface area (Å²) in [4.78, 5) is 40.8. The monoisotopic (exact) mass is 650 g/mol. The smallest absolute Gasteiger partial charge is 0.390 e. The fourth-order valence-electron chi connectivity index (χ4n) is 7.07. The highest BCUT2D eigenvalue weighted by Crippen LogP contribution is 2.41. The van der Waals surface area contributed by atoms with Gasteiger partial charge in [0, 0.05) is 31.2 Å². The summed E-state index contributed by atoms with van der Waals surface area (Å²) in [5.41, 5.74) is -0.709. The predicted molar refractivity (Wildman–Crippen MR) is 162 cm³/mol. The number of methoxy groups -OCH3 is 1. The van der Waals surface area contributed by atoms with Crippen molar-refractivity contribution in [2.24, 2.45) is 16.7 Å². The van der Waals surface area contributed by atoms with Gasteiger partial charge in [-0.3, -0.25) is 19.3 Å². The number of rotatable bonds is 11. The number of halogens is 3. The Morgan fingerprint density at radius 2 is 1.74 bits per heavy atom. The minimum Gasteiger partial charge on any atom is -0.496 e. The Balaban J connectivity index is 1.58. The van der Waals surface area contributed by atoms with E-state index in [1.54, 1.807) is 25.7 Å². The molecule has 1 saturated heterocycles. The van der Waals surface area contributed by atoms with Crippen LogP contribution in [-0.4, -0.2) is 78.4 Å². The predicted octanol–water partition coefficient (Wildman–Crippen LogP) is 5.05. The molecule has 1 aromatic rings. The van der Waals surface area contributed by atoms with E-state index in [-0.39, 0.29) is 46.6 Å². The molecule has 254 valence electrons. The van der Waals surface area contributed by atoms with E-state index in [1.165, 1.54) is 19.2 Å². The second-order valence-electron chi connectivity index (χ2n) is 13.8. The molecule has 0 aromatic heterocycles. The van der Waals surface area contributed by atoms with E-state index >= 15 is 0 Å². The number of ether oxygens (including phenoxy) is 2. The van der Waals surface area contributed by atoms with Crippen LogP contribution in [0.3, 0.4) is 0 Å². The van der Waals surface area contributed by atoms with E-state index in [1.807, 2.05) is 0 Å². The third-order valence-corrected chi connectivity index (χ3v) is 10.5. The topological polar surface area (TPSA) is 141 Å². The molecule has 2 aliphatic carbocycles. The number of carboxylic acid groups (broad SMARTS) is 1. The van der Waals surface area contributed by atoms with Crippen molar-refractivity contribution in [1.82, 2.24) is 15.5 Å². The van der Waals surface area contributed by atoms with E-state index in [0.29, 0.717) is 32.2 Å². The molecule has 0 spiro atoms. The molecule has 3 N–H and O–H groups in total. The van der Waals surface area contributed by atoms with Gasteiger partial charge in [-0.05, 0) is 70.8 Å². The van der Waals surface area contributed by atoms with Crippen molar-refractivity contribution in [2.45, 2.75) is 109 Å². The average molecular weight is 651 g/mol. The molecule has 1 aliphatic heterocycles. The van der Waals surface area contributed by atoms with Gasteiger partial charge in [-0.25, -0.2) is 0 Å². The number of aliphatic carboxylic acids is 1. The van der Waals surface area contributed by atoms with Crippen LogP contribution >= 0.6 is 0 Å². The van der Waals surface area contributed by atoms with Crippen LogP contribution in [-0.2, 0) is 9.59 Å². The van der Waals surface area contributed by atoms with Crippen LogP contribution in [0.15, 0.2) is 12.1 Å². The molecular formula is C33H45F3N4O6. The van der Waals surface area contributed by atoms with Crippen LogP contribution in [0.4, 0.5) is 13.2 Å². The first-order chi connectivity index (χ1) is 21.5. The Bertz CT molecular complexity index is 1350. The Morgan fingerprint density at radius 1 is 1.09 bits per heavy atom. The zero-order valence-electron chi connectivity index (χ0n) is 27.1. The number of nitrogens with one attached hydrogen (secondary N) is 2. The molecule has 46 heavy (non-hydrogen) atoms. The van der Waals surface area contributed by atoms with Gasteiger partial charge in [0.05, 0.1) is 48.1 Å². The summed E-state index contributed by atoms with van der Waals surface area (Å²) in [5, 5.41) is 25.3. The van der Waals surface area contributed by atoms with Crippen LogP contribution in [0.2, 0.25) is 0 Å². The Labute approximate surface area is 268 Å². The Morgan fingerprint density at radius 3 is 2.26 bits per heavy atom. The van der Waals surface area contributed by atoms with Crippen LogP contribution in [0.25, 0.3) is 0 Å².